The summed E-state index contributed by atoms with van der Waals surface area (Å²) in [4.78, 5) is 5.62. The second-order valence-electron chi connectivity index (χ2n) is 5.44. The summed E-state index contributed by atoms with van der Waals surface area (Å²) >= 11 is 0. The van der Waals surface area contributed by atoms with E-state index in [1.54, 1.807) is 4.90 Å². The number of nitrogens with zero attached hydrogens (tertiary/aromatic N) is 2. The molecule has 0 spiro atoms. The van der Waals surface area contributed by atoms with Crippen LogP contribution in [0.4, 0.5) is 19.0 Å². The zero-order valence-corrected chi connectivity index (χ0v) is 10.4. The van der Waals surface area contributed by atoms with Crippen LogP contribution in [0.15, 0.2) is 18.3 Å². The molecule has 0 aromatic carbocycles. The van der Waals surface area contributed by atoms with Crippen LogP contribution in [0.3, 0.4) is 0 Å². The number of aromatic nitrogens is 1. The van der Waals surface area contributed by atoms with Crippen molar-refractivity contribution in [1.82, 2.24) is 4.98 Å². The van der Waals surface area contributed by atoms with Crippen LogP contribution in [0.1, 0.15) is 18.4 Å². The minimum atomic E-state index is -4.37. The first-order valence-corrected chi connectivity index (χ1v) is 6.49. The molecule has 2 N–H and O–H groups in total. The molecule has 3 nitrogen and oxygen atoms in total. The lowest BCUT2D eigenvalue weighted by Crippen LogP contribution is -2.31. The fourth-order valence-corrected chi connectivity index (χ4v) is 2.92. The number of rotatable bonds is 2. The first kappa shape index (κ1) is 12.7. The van der Waals surface area contributed by atoms with Crippen LogP contribution in [0.25, 0.3) is 0 Å². The fraction of sp³-hybridized carbons (Fsp3) is 0.615. The molecule has 0 amide bonds. The van der Waals surface area contributed by atoms with Crippen molar-refractivity contribution < 1.29 is 13.2 Å². The summed E-state index contributed by atoms with van der Waals surface area (Å²) in [6.45, 7) is 1.05. The zero-order valence-electron chi connectivity index (χ0n) is 10.4. The van der Waals surface area contributed by atoms with Crippen LogP contribution in [-0.2, 0) is 6.18 Å². The fourth-order valence-electron chi connectivity index (χ4n) is 2.92. The third-order valence-electron chi connectivity index (χ3n) is 4.03. The van der Waals surface area contributed by atoms with Crippen molar-refractivity contribution in [1.29, 1.82) is 0 Å². The predicted molar refractivity (Wildman–Crippen MR) is 65.6 cm³/mol. The van der Waals surface area contributed by atoms with E-state index < -0.39 is 11.7 Å². The molecule has 1 aliphatic heterocycles. The van der Waals surface area contributed by atoms with Crippen molar-refractivity contribution in [3.63, 3.8) is 0 Å². The Morgan fingerprint density at radius 2 is 2.00 bits per heavy atom. The molecule has 2 atom stereocenters. The molecule has 3 rings (SSSR count). The summed E-state index contributed by atoms with van der Waals surface area (Å²) in [7, 11) is 0. The van der Waals surface area contributed by atoms with Crippen LogP contribution in [0.5, 0.6) is 0 Å². The van der Waals surface area contributed by atoms with E-state index in [0.29, 0.717) is 24.9 Å². The van der Waals surface area contributed by atoms with Gasteiger partial charge in [-0.25, -0.2) is 4.98 Å². The molecule has 2 heterocycles. The molecule has 104 valence electrons. The molecule has 1 aliphatic carbocycles. The van der Waals surface area contributed by atoms with Gasteiger partial charge in [0.15, 0.2) is 0 Å². The number of hydrogen-bond acceptors (Lipinski definition) is 3. The van der Waals surface area contributed by atoms with Crippen molar-refractivity contribution in [3.8, 4) is 0 Å². The van der Waals surface area contributed by atoms with Gasteiger partial charge in [-0.15, -0.1) is 0 Å². The standard InChI is InChI=1S/C13H16F3N3/c14-13(15,16)10-2-1-5-18-12(10)19-6-9(8-3-4-8)11(17)7-19/h1-2,5,8-9,11H,3-4,6-7,17H2/t9-,11+/m1/s1. The van der Waals surface area contributed by atoms with Crippen LogP contribution < -0.4 is 10.6 Å². The lowest BCUT2D eigenvalue weighted by molar-refractivity contribution is -0.137. The molecular weight excluding hydrogens is 255 g/mol. The second-order valence-corrected chi connectivity index (χ2v) is 5.44. The van der Waals surface area contributed by atoms with E-state index in [0.717, 1.165) is 18.9 Å². The number of nitrogens with two attached hydrogens (primary N) is 1. The van der Waals surface area contributed by atoms with Crippen LogP contribution in [0, 0.1) is 11.8 Å². The van der Waals surface area contributed by atoms with Crippen molar-refractivity contribution in [3.05, 3.63) is 23.9 Å². The number of alkyl halides is 3. The summed E-state index contributed by atoms with van der Waals surface area (Å²) in [5, 5.41) is 0. The Morgan fingerprint density at radius 3 is 2.63 bits per heavy atom. The Morgan fingerprint density at radius 1 is 1.26 bits per heavy atom. The first-order valence-electron chi connectivity index (χ1n) is 6.49. The van der Waals surface area contributed by atoms with E-state index in [9.17, 15) is 13.2 Å². The average molecular weight is 271 g/mol. The summed E-state index contributed by atoms with van der Waals surface area (Å²) in [5.41, 5.74) is 5.39. The van der Waals surface area contributed by atoms with E-state index >= 15 is 0 Å². The van der Waals surface area contributed by atoms with Gasteiger partial charge in [0.1, 0.15) is 5.82 Å². The lowest BCUT2D eigenvalue weighted by atomic mass is 9.99. The number of anilines is 1. The molecule has 1 aromatic heterocycles. The number of halogens is 3. The van der Waals surface area contributed by atoms with E-state index in [-0.39, 0.29) is 11.9 Å². The van der Waals surface area contributed by atoms with E-state index in [4.69, 9.17) is 5.73 Å². The maximum Gasteiger partial charge on any atom is 0.419 e. The number of pyridine rings is 1. The van der Waals surface area contributed by atoms with Gasteiger partial charge >= 0.3 is 6.18 Å². The van der Waals surface area contributed by atoms with Crippen molar-refractivity contribution >= 4 is 5.82 Å². The van der Waals surface area contributed by atoms with Gasteiger partial charge in [0.05, 0.1) is 5.56 Å². The van der Waals surface area contributed by atoms with Crippen molar-refractivity contribution in [2.45, 2.75) is 25.1 Å². The summed E-state index contributed by atoms with van der Waals surface area (Å²) in [5.74, 6) is 0.926. The van der Waals surface area contributed by atoms with E-state index in [1.807, 2.05) is 0 Å². The van der Waals surface area contributed by atoms with Crippen molar-refractivity contribution in [2.75, 3.05) is 18.0 Å². The summed E-state index contributed by atoms with van der Waals surface area (Å²) in [6.07, 6.45) is -0.660. The van der Waals surface area contributed by atoms with Gasteiger partial charge in [0, 0.05) is 25.3 Å². The van der Waals surface area contributed by atoms with Crippen LogP contribution in [-0.4, -0.2) is 24.1 Å². The summed E-state index contributed by atoms with van der Waals surface area (Å²) in [6, 6.07) is 2.36. The topological polar surface area (TPSA) is 42.1 Å². The van der Waals surface area contributed by atoms with E-state index in [2.05, 4.69) is 4.98 Å². The maximum absolute atomic E-state index is 13.0. The average Bonchev–Trinajstić information content (AvgIpc) is 3.12. The molecule has 6 heteroatoms. The lowest BCUT2D eigenvalue weighted by Gasteiger charge is -2.21. The molecule has 0 bridgehead atoms. The molecule has 1 saturated heterocycles. The Bertz CT molecular complexity index is 470. The highest BCUT2D eigenvalue weighted by molar-refractivity contribution is 5.49. The van der Waals surface area contributed by atoms with Gasteiger partial charge in [-0.1, -0.05) is 0 Å². The SMILES string of the molecule is N[C@H]1CN(c2ncccc2C(F)(F)F)C[C@@H]1C1CC1. The Balaban J connectivity index is 1.87. The molecule has 1 aromatic rings. The molecule has 19 heavy (non-hydrogen) atoms. The highest BCUT2D eigenvalue weighted by Gasteiger charge is 2.43. The quantitative estimate of drug-likeness (QED) is 0.897. The minimum Gasteiger partial charge on any atom is -0.354 e. The monoisotopic (exact) mass is 271 g/mol. The van der Waals surface area contributed by atoms with Gasteiger partial charge < -0.3 is 10.6 Å². The van der Waals surface area contributed by atoms with Gasteiger partial charge in [-0.3, -0.25) is 0 Å². The smallest absolute Gasteiger partial charge is 0.354 e. The first-order chi connectivity index (χ1) is 8.97. The minimum absolute atomic E-state index is 0.0219. The van der Waals surface area contributed by atoms with E-state index in [1.165, 1.54) is 12.3 Å². The normalized spacial score (nSPS) is 27.9. The zero-order chi connectivity index (χ0) is 13.6. The highest BCUT2D eigenvalue weighted by atomic mass is 19.4. The summed E-state index contributed by atoms with van der Waals surface area (Å²) < 4.78 is 38.9. The largest absolute Gasteiger partial charge is 0.419 e. The van der Waals surface area contributed by atoms with Gasteiger partial charge in [-0.05, 0) is 36.8 Å². The molecule has 2 aliphatic rings. The Kier molecular flexibility index (Phi) is 2.92. The maximum atomic E-state index is 13.0. The van der Waals surface area contributed by atoms with Gasteiger partial charge in [-0.2, -0.15) is 13.2 Å². The molecular formula is C13H16F3N3. The van der Waals surface area contributed by atoms with Gasteiger partial charge in [0.25, 0.3) is 0 Å². The third kappa shape index (κ3) is 2.41. The van der Waals surface area contributed by atoms with Crippen molar-refractivity contribution in [2.24, 2.45) is 17.6 Å². The molecule has 0 radical (unpaired) electrons. The second kappa shape index (κ2) is 4.37. The number of hydrogen-bond donors (Lipinski definition) is 1. The van der Waals surface area contributed by atoms with Crippen LogP contribution in [0.2, 0.25) is 0 Å². The highest BCUT2D eigenvalue weighted by Crippen LogP contribution is 2.43. The van der Waals surface area contributed by atoms with Gasteiger partial charge in [0.2, 0.25) is 0 Å². The Labute approximate surface area is 109 Å². The van der Waals surface area contributed by atoms with Crippen LogP contribution >= 0.6 is 0 Å². The molecule has 2 fully saturated rings. The third-order valence-corrected chi connectivity index (χ3v) is 4.03. The predicted octanol–water partition coefficient (Wildman–Crippen LogP) is 2.27. The Hall–Kier alpha value is -1.30. The molecule has 1 saturated carbocycles. The molecule has 0 unspecified atom stereocenters.